The van der Waals surface area contributed by atoms with E-state index in [2.05, 4.69) is 5.32 Å². The number of ether oxygens (including phenoxy) is 1. The Hall–Kier alpha value is -4.57. The van der Waals surface area contributed by atoms with Gasteiger partial charge in [0, 0.05) is 22.7 Å². The molecule has 3 aromatic rings. The number of nitro groups is 1. The Kier molecular flexibility index (Phi) is 6.56. The Balaban J connectivity index is 1.65. The van der Waals surface area contributed by atoms with Gasteiger partial charge < -0.3 is 4.74 Å². The van der Waals surface area contributed by atoms with Crippen molar-refractivity contribution in [3.63, 3.8) is 0 Å². The molecule has 4 amide bonds. The van der Waals surface area contributed by atoms with Gasteiger partial charge in [0.2, 0.25) is 0 Å². The fourth-order valence-electron chi connectivity index (χ4n) is 3.28. The topological polar surface area (TPSA) is 119 Å². The Morgan fingerprint density at radius 3 is 2.37 bits per heavy atom. The van der Waals surface area contributed by atoms with Crippen LogP contribution in [0.15, 0.2) is 72.3 Å². The van der Waals surface area contributed by atoms with Crippen LogP contribution < -0.4 is 15.0 Å². The number of anilines is 1. The minimum Gasteiger partial charge on any atom is -0.488 e. The molecule has 176 valence electrons. The largest absolute Gasteiger partial charge is 0.488 e. The number of hydrogen-bond donors (Lipinski definition) is 1. The number of non-ortho nitro benzene ring substituents is 1. The molecule has 0 atom stereocenters. The maximum atomic E-state index is 13.1. The lowest BCUT2D eigenvalue weighted by Gasteiger charge is -2.26. The third kappa shape index (κ3) is 5.17. The first-order valence-corrected chi connectivity index (χ1v) is 10.4. The number of urea groups is 1. The summed E-state index contributed by atoms with van der Waals surface area (Å²) in [5.41, 5.74) is 0.400. The van der Waals surface area contributed by atoms with Gasteiger partial charge in [-0.05, 0) is 54.1 Å². The highest BCUT2D eigenvalue weighted by atomic mass is 35.5. The van der Waals surface area contributed by atoms with E-state index >= 15 is 0 Å². The van der Waals surface area contributed by atoms with Gasteiger partial charge in [-0.1, -0.05) is 23.7 Å². The first-order chi connectivity index (χ1) is 16.7. The van der Waals surface area contributed by atoms with E-state index in [1.54, 1.807) is 24.3 Å². The summed E-state index contributed by atoms with van der Waals surface area (Å²) < 4.78 is 18.9. The van der Waals surface area contributed by atoms with Gasteiger partial charge in [-0.2, -0.15) is 0 Å². The molecule has 0 saturated carbocycles. The summed E-state index contributed by atoms with van der Waals surface area (Å²) in [4.78, 5) is 48.9. The van der Waals surface area contributed by atoms with Gasteiger partial charge in [0.05, 0.1) is 10.6 Å². The summed E-state index contributed by atoms with van der Waals surface area (Å²) in [6.45, 7) is 0.0750. The molecule has 4 rings (SSSR count). The number of benzene rings is 3. The minimum atomic E-state index is -0.995. The van der Waals surface area contributed by atoms with E-state index in [9.17, 15) is 28.9 Å². The molecule has 1 N–H and O–H groups in total. The smallest absolute Gasteiger partial charge is 0.335 e. The van der Waals surface area contributed by atoms with E-state index in [-0.39, 0.29) is 40.7 Å². The van der Waals surface area contributed by atoms with Crippen LogP contribution in [0.5, 0.6) is 5.75 Å². The molecule has 0 radical (unpaired) electrons. The van der Waals surface area contributed by atoms with Crippen LogP contribution in [0.25, 0.3) is 6.08 Å². The quantitative estimate of drug-likeness (QED) is 0.230. The molecule has 0 aliphatic carbocycles. The lowest BCUT2D eigenvalue weighted by Crippen LogP contribution is -2.54. The van der Waals surface area contributed by atoms with E-state index in [1.165, 1.54) is 36.4 Å². The highest BCUT2D eigenvalue weighted by molar-refractivity contribution is 6.39. The van der Waals surface area contributed by atoms with Crippen molar-refractivity contribution < 1.29 is 28.4 Å². The fourth-order valence-corrected chi connectivity index (χ4v) is 3.46. The molecule has 1 aliphatic rings. The Morgan fingerprint density at radius 1 is 1.03 bits per heavy atom. The number of nitrogens with zero attached hydrogens (tertiary/aromatic N) is 2. The van der Waals surface area contributed by atoms with Crippen molar-refractivity contribution in [3.05, 3.63) is 104 Å². The second-order valence-corrected chi connectivity index (χ2v) is 7.77. The van der Waals surface area contributed by atoms with E-state index < -0.39 is 22.8 Å². The van der Waals surface area contributed by atoms with E-state index in [1.807, 2.05) is 0 Å². The molecule has 1 heterocycles. The second-order valence-electron chi connectivity index (χ2n) is 7.33. The summed E-state index contributed by atoms with van der Waals surface area (Å²) in [5, 5.41) is 13.3. The Labute approximate surface area is 202 Å². The molecule has 35 heavy (non-hydrogen) atoms. The summed E-state index contributed by atoms with van der Waals surface area (Å²) in [5.74, 6) is -1.97. The number of nitrogens with one attached hydrogen (secondary N) is 1. The van der Waals surface area contributed by atoms with Gasteiger partial charge in [-0.15, -0.1) is 0 Å². The molecule has 0 bridgehead atoms. The van der Waals surface area contributed by atoms with Crippen LogP contribution in [-0.2, 0) is 16.2 Å². The number of amides is 4. The number of halogens is 2. The summed E-state index contributed by atoms with van der Waals surface area (Å²) in [6, 6.07) is 14.0. The van der Waals surface area contributed by atoms with Crippen LogP contribution in [0.3, 0.4) is 0 Å². The molecular weight excluding hydrogens is 481 g/mol. The summed E-state index contributed by atoms with van der Waals surface area (Å²) in [6.07, 6.45) is 1.23. The third-order valence-electron chi connectivity index (χ3n) is 5.00. The van der Waals surface area contributed by atoms with Crippen LogP contribution in [0.1, 0.15) is 11.1 Å². The van der Waals surface area contributed by atoms with Crippen LogP contribution >= 0.6 is 11.6 Å². The standard InChI is InChI=1S/C24H15ClFN3O6/c25-16-3-10-21(35-13-14-1-4-17(26)5-2-14)15(11-16)12-20-22(30)27-24(32)28(23(20)31)18-6-8-19(9-7-18)29(33)34/h1-12H,13H2,(H,27,30,32)/b20-12+. The van der Waals surface area contributed by atoms with Gasteiger partial charge in [-0.25, -0.2) is 14.1 Å². The molecule has 0 aromatic heterocycles. The molecule has 1 fully saturated rings. The van der Waals surface area contributed by atoms with Crippen molar-refractivity contribution in [2.75, 3.05) is 4.90 Å². The maximum absolute atomic E-state index is 13.1. The van der Waals surface area contributed by atoms with Gasteiger partial charge in [0.25, 0.3) is 17.5 Å². The lowest BCUT2D eigenvalue weighted by atomic mass is 10.1. The third-order valence-corrected chi connectivity index (χ3v) is 5.23. The van der Waals surface area contributed by atoms with Gasteiger partial charge in [-0.3, -0.25) is 25.0 Å². The number of imide groups is 2. The first-order valence-electron chi connectivity index (χ1n) is 10.1. The number of nitro benzene ring substituents is 1. The predicted molar refractivity (Wildman–Crippen MR) is 124 cm³/mol. The lowest BCUT2D eigenvalue weighted by molar-refractivity contribution is -0.384. The molecule has 9 nitrogen and oxygen atoms in total. The van der Waals surface area contributed by atoms with Gasteiger partial charge in [0.1, 0.15) is 23.7 Å². The van der Waals surface area contributed by atoms with Crippen LogP contribution in [0, 0.1) is 15.9 Å². The van der Waals surface area contributed by atoms with Crippen molar-refractivity contribution in [1.82, 2.24) is 5.32 Å². The molecule has 0 spiro atoms. The number of barbiturate groups is 1. The number of carbonyl (C=O) groups excluding carboxylic acids is 3. The molecule has 0 unspecified atom stereocenters. The normalized spacial score (nSPS) is 14.7. The van der Waals surface area contributed by atoms with E-state index in [0.29, 0.717) is 15.5 Å². The Morgan fingerprint density at radius 2 is 1.71 bits per heavy atom. The van der Waals surface area contributed by atoms with Crippen LogP contribution in [0.2, 0.25) is 5.02 Å². The van der Waals surface area contributed by atoms with E-state index in [0.717, 1.165) is 12.1 Å². The molecule has 11 heteroatoms. The number of hydrogen-bond acceptors (Lipinski definition) is 6. The predicted octanol–water partition coefficient (Wildman–Crippen LogP) is 4.63. The van der Waals surface area contributed by atoms with Crippen LogP contribution in [-0.4, -0.2) is 22.8 Å². The monoisotopic (exact) mass is 495 g/mol. The van der Waals surface area contributed by atoms with Crippen molar-refractivity contribution in [2.45, 2.75) is 6.61 Å². The van der Waals surface area contributed by atoms with Gasteiger partial charge >= 0.3 is 6.03 Å². The zero-order valence-electron chi connectivity index (χ0n) is 17.7. The molecule has 1 aliphatic heterocycles. The SMILES string of the molecule is O=C1NC(=O)N(c2ccc([N+](=O)[O-])cc2)C(=O)/C1=C/c1cc(Cl)ccc1OCc1ccc(F)cc1. The molecule has 3 aromatic carbocycles. The first kappa shape index (κ1) is 23.6. The molecule has 1 saturated heterocycles. The average Bonchev–Trinajstić information content (AvgIpc) is 2.82. The van der Waals surface area contributed by atoms with Crippen molar-refractivity contribution in [2.24, 2.45) is 0 Å². The van der Waals surface area contributed by atoms with Gasteiger partial charge in [0.15, 0.2) is 0 Å². The van der Waals surface area contributed by atoms with Crippen LogP contribution in [0.4, 0.5) is 20.6 Å². The van der Waals surface area contributed by atoms with Crippen molar-refractivity contribution in [3.8, 4) is 5.75 Å². The number of carbonyl (C=O) groups is 3. The highest BCUT2D eigenvalue weighted by Crippen LogP contribution is 2.29. The van der Waals surface area contributed by atoms with Crippen molar-refractivity contribution >= 4 is 46.9 Å². The van der Waals surface area contributed by atoms with E-state index in [4.69, 9.17) is 16.3 Å². The maximum Gasteiger partial charge on any atom is 0.335 e. The summed E-state index contributed by atoms with van der Waals surface area (Å²) in [7, 11) is 0. The fraction of sp³-hybridized carbons (Fsp3) is 0.0417. The molecular formula is C24H15ClFN3O6. The summed E-state index contributed by atoms with van der Waals surface area (Å²) >= 11 is 6.10. The van der Waals surface area contributed by atoms with Crippen molar-refractivity contribution in [1.29, 1.82) is 0 Å². The Bertz CT molecular complexity index is 1370. The minimum absolute atomic E-state index is 0.0374. The number of rotatable bonds is 6. The highest BCUT2D eigenvalue weighted by Gasteiger charge is 2.37. The zero-order valence-corrected chi connectivity index (χ0v) is 18.5. The zero-order chi connectivity index (χ0) is 25.1. The average molecular weight is 496 g/mol. The second kappa shape index (κ2) is 9.74.